The molecule has 0 unspecified atom stereocenters. The van der Waals surface area contributed by atoms with Crippen LogP contribution in [0.2, 0.25) is 0 Å². The SMILES string of the molecule is CC(C)c1cccc(C(C)C)c1NC(=O)OS(N)(=O)=O. The highest BCUT2D eigenvalue weighted by atomic mass is 32.2. The maximum Gasteiger partial charge on any atom is 0.428 e. The lowest BCUT2D eigenvalue weighted by Gasteiger charge is -2.19. The van der Waals surface area contributed by atoms with Gasteiger partial charge in [-0.05, 0) is 23.0 Å². The maximum atomic E-state index is 11.6. The van der Waals surface area contributed by atoms with Crippen molar-refractivity contribution in [3.8, 4) is 0 Å². The second kappa shape index (κ2) is 6.23. The standard InChI is InChI=1S/C13H20N2O4S/c1-8(2)10-6-5-7-11(9(3)4)12(10)15-13(16)19-20(14,17)18/h5-9H,1-4H3,(H,15,16)(H2,14,17,18). The number of carbonyl (C=O) groups excluding carboxylic acids is 1. The normalized spacial score (nSPS) is 11.8. The van der Waals surface area contributed by atoms with E-state index in [1.807, 2.05) is 45.9 Å². The number of rotatable bonds is 4. The van der Waals surface area contributed by atoms with Crippen molar-refractivity contribution in [3.63, 3.8) is 0 Å². The van der Waals surface area contributed by atoms with Crippen molar-refractivity contribution < 1.29 is 17.4 Å². The van der Waals surface area contributed by atoms with Crippen LogP contribution in [0, 0.1) is 0 Å². The van der Waals surface area contributed by atoms with Gasteiger partial charge >= 0.3 is 16.4 Å². The summed E-state index contributed by atoms with van der Waals surface area (Å²) in [5, 5.41) is 7.15. The molecule has 3 N–H and O–H groups in total. The summed E-state index contributed by atoms with van der Waals surface area (Å²) >= 11 is 0. The molecule has 0 atom stereocenters. The summed E-state index contributed by atoms with van der Waals surface area (Å²) < 4.78 is 25.6. The molecule has 0 saturated carbocycles. The van der Waals surface area contributed by atoms with Crippen molar-refractivity contribution in [1.29, 1.82) is 0 Å². The number of hydrogen-bond acceptors (Lipinski definition) is 4. The third-order valence-corrected chi connectivity index (χ3v) is 3.18. The van der Waals surface area contributed by atoms with Gasteiger partial charge in [-0.25, -0.2) is 4.79 Å². The predicted molar refractivity (Wildman–Crippen MR) is 77.8 cm³/mol. The van der Waals surface area contributed by atoms with Gasteiger partial charge in [0, 0.05) is 0 Å². The summed E-state index contributed by atoms with van der Waals surface area (Å²) in [4.78, 5) is 11.6. The van der Waals surface area contributed by atoms with Crippen LogP contribution in [0.4, 0.5) is 10.5 Å². The van der Waals surface area contributed by atoms with Crippen molar-refractivity contribution in [2.75, 3.05) is 5.32 Å². The van der Waals surface area contributed by atoms with Gasteiger partial charge in [-0.2, -0.15) is 13.6 Å². The molecule has 0 spiro atoms. The van der Waals surface area contributed by atoms with Gasteiger partial charge in [-0.1, -0.05) is 45.9 Å². The molecular weight excluding hydrogens is 280 g/mol. The van der Waals surface area contributed by atoms with E-state index in [2.05, 4.69) is 14.6 Å². The largest absolute Gasteiger partial charge is 0.428 e. The van der Waals surface area contributed by atoms with Crippen LogP contribution in [-0.2, 0) is 14.5 Å². The first kappa shape index (κ1) is 16.5. The third kappa shape index (κ3) is 4.50. The Kier molecular flexibility index (Phi) is 5.13. The Labute approximate surface area is 119 Å². The van der Waals surface area contributed by atoms with Crippen molar-refractivity contribution in [2.24, 2.45) is 5.14 Å². The highest BCUT2D eigenvalue weighted by Crippen LogP contribution is 2.32. The fourth-order valence-electron chi connectivity index (χ4n) is 1.92. The quantitative estimate of drug-likeness (QED) is 0.893. The first-order valence-electron chi connectivity index (χ1n) is 6.27. The van der Waals surface area contributed by atoms with E-state index in [9.17, 15) is 13.2 Å². The second-order valence-corrected chi connectivity index (χ2v) is 6.26. The van der Waals surface area contributed by atoms with Crippen LogP contribution in [-0.4, -0.2) is 14.5 Å². The maximum absolute atomic E-state index is 11.6. The number of anilines is 1. The van der Waals surface area contributed by atoms with Crippen molar-refractivity contribution in [2.45, 2.75) is 39.5 Å². The minimum absolute atomic E-state index is 0.165. The summed E-state index contributed by atoms with van der Waals surface area (Å²) in [5.41, 5.74) is 2.39. The van der Waals surface area contributed by atoms with Gasteiger partial charge in [-0.3, -0.25) is 5.32 Å². The van der Waals surface area contributed by atoms with E-state index in [-0.39, 0.29) is 11.8 Å². The Morgan fingerprint density at radius 1 is 1.15 bits per heavy atom. The zero-order chi connectivity index (χ0) is 15.5. The molecule has 1 rings (SSSR count). The number of nitrogens with one attached hydrogen (secondary N) is 1. The van der Waals surface area contributed by atoms with E-state index in [1.54, 1.807) is 0 Å². The van der Waals surface area contributed by atoms with Gasteiger partial charge in [0.15, 0.2) is 0 Å². The fraction of sp³-hybridized carbons (Fsp3) is 0.462. The molecule has 0 bridgehead atoms. The fourth-order valence-corrected chi connectivity index (χ4v) is 2.18. The predicted octanol–water partition coefficient (Wildman–Crippen LogP) is 2.69. The summed E-state index contributed by atoms with van der Waals surface area (Å²) in [5.74, 6) is 0.331. The molecule has 6 nitrogen and oxygen atoms in total. The average molecular weight is 300 g/mol. The molecule has 0 aliphatic rings. The number of benzene rings is 1. The molecule has 1 aromatic rings. The Morgan fingerprint density at radius 2 is 1.60 bits per heavy atom. The van der Waals surface area contributed by atoms with Gasteiger partial charge in [0.2, 0.25) is 0 Å². The number of carbonyl (C=O) groups is 1. The minimum atomic E-state index is -4.32. The summed E-state index contributed by atoms with van der Waals surface area (Å²) in [6.07, 6.45) is -1.11. The Morgan fingerprint density at radius 3 is 1.95 bits per heavy atom. The number of nitrogens with two attached hydrogens (primary N) is 1. The zero-order valence-electron chi connectivity index (χ0n) is 12.0. The summed E-state index contributed by atoms with van der Waals surface area (Å²) in [6, 6.07) is 5.66. The molecule has 0 aromatic heterocycles. The molecule has 0 radical (unpaired) electrons. The van der Waals surface area contributed by atoms with Gasteiger partial charge < -0.3 is 4.18 Å². The van der Waals surface area contributed by atoms with E-state index in [4.69, 9.17) is 0 Å². The molecule has 1 aromatic carbocycles. The monoisotopic (exact) mass is 300 g/mol. The molecule has 112 valence electrons. The van der Waals surface area contributed by atoms with E-state index >= 15 is 0 Å². The van der Waals surface area contributed by atoms with Crippen LogP contribution in [0.3, 0.4) is 0 Å². The highest BCUT2D eigenvalue weighted by Gasteiger charge is 2.18. The molecule has 0 fully saturated rings. The topological polar surface area (TPSA) is 98.5 Å². The van der Waals surface area contributed by atoms with E-state index in [0.717, 1.165) is 11.1 Å². The van der Waals surface area contributed by atoms with E-state index in [1.165, 1.54) is 0 Å². The van der Waals surface area contributed by atoms with E-state index < -0.39 is 16.4 Å². The highest BCUT2D eigenvalue weighted by molar-refractivity contribution is 7.84. The lowest BCUT2D eigenvalue weighted by Crippen LogP contribution is -2.25. The Balaban J connectivity index is 3.17. The van der Waals surface area contributed by atoms with E-state index in [0.29, 0.717) is 5.69 Å². The molecule has 7 heteroatoms. The molecular formula is C13H20N2O4S. The van der Waals surface area contributed by atoms with Crippen LogP contribution in [0.15, 0.2) is 18.2 Å². The van der Waals surface area contributed by atoms with Crippen LogP contribution in [0.1, 0.15) is 50.7 Å². The molecule has 0 aliphatic heterocycles. The number of amides is 1. The van der Waals surface area contributed by atoms with Gasteiger partial charge in [0.1, 0.15) is 0 Å². The molecule has 0 saturated heterocycles. The smallest absolute Gasteiger partial charge is 0.316 e. The van der Waals surface area contributed by atoms with Crippen molar-refractivity contribution >= 4 is 22.1 Å². The van der Waals surface area contributed by atoms with Gasteiger partial charge in [0.05, 0.1) is 5.69 Å². The van der Waals surface area contributed by atoms with Crippen LogP contribution in [0.5, 0.6) is 0 Å². The first-order valence-corrected chi connectivity index (χ1v) is 7.75. The molecule has 20 heavy (non-hydrogen) atoms. The van der Waals surface area contributed by atoms with Crippen LogP contribution >= 0.6 is 0 Å². The summed E-state index contributed by atoms with van der Waals surface area (Å²) in [6.45, 7) is 7.93. The van der Waals surface area contributed by atoms with Crippen LogP contribution in [0.25, 0.3) is 0 Å². The van der Waals surface area contributed by atoms with Crippen molar-refractivity contribution in [3.05, 3.63) is 29.3 Å². The first-order chi connectivity index (χ1) is 9.11. The van der Waals surface area contributed by atoms with Gasteiger partial charge in [-0.15, -0.1) is 0 Å². The minimum Gasteiger partial charge on any atom is -0.316 e. The van der Waals surface area contributed by atoms with Crippen LogP contribution < -0.4 is 10.5 Å². The number of hydrogen-bond donors (Lipinski definition) is 2. The zero-order valence-corrected chi connectivity index (χ0v) is 12.8. The average Bonchev–Trinajstić information content (AvgIpc) is 2.25. The van der Waals surface area contributed by atoms with Crippen molar-refractivity contribution in [1.82, 2.24) is 0 Å². The lowest BCUT2D eigenvalue weighted by atomic mass is 9.93. The Bertz CT molecular complexity index is 568. The Hall–Kier alpha value is -1.60. The molecule has 1 amide bonds. The van der Waals surface area contributed by atoms with Gasteiger partial charge in [0.25, 0.3) is 0 Å². The number of para-hydroxylation sites is 1. The lowest BCUT2D eigenvalue weighted by molar-refractivity contribution is 0.217. The molecule has 0 heterocycles. The third-order valence-electron chi connectivity index (χ3n) is 2.79. The summed E-state index contributed by atoms with van der Waals surface area (Å²) in [7, 11) is -4.32. The molecule has 0 aliphatic carbocycles. The second-order valence-electron chi connectivity index (χ2n) is 5.11.